The second-order valence-corrected chi connectivity index (χ2v) is 25.4. The molecule has 0 aromatic carbocycles. The quantitative estimate of drug-likeness (QED) is 0.0205. The van der Waals surface area contributed by atoms with E-state index >= 15 is 0 Å². The summed E-state index contributed by atoms with van der Waals surface area (Å²) in [5, 5.41) is 3.06. The van der Waals surface area contributed by atoms with Gasteiger partial charge in [-0.1, -0.05) is 267 Å². The topological polar surface area (TPSA) is 111 Å². The molecule has 3 unspecified atom stereocenters. The largest absolute Gasteiger partial charge is 0.472 e. The van der Waals surface area contributed by atoms with Crippen molar-refractivity contribution in [3.8, 4) is 0 Å². The summed E-state index contributed by atoms with van der Waals surface area (Å²) in [5.41, 5.74) is 0. The van der Waals surface area contributed by atoms with Crippen LogP contribution in [0.15, 0.2) is 85.1 Å². The van der Waals surface area contributed by atoms with Gasteiger partial charge in [0.15, 0.2) is 0 Å². The number of hydrogen-bond donors (Lipinski definition) is 2. The first-order chi connectivity index (χ1) is 39.4. The van der Waals surface area contributed by atoms with Gasteiger partial charge in [-0.15, -0.1) is 0 Å². The minimum Gasteiger partial charge on any atom is -0.456 e. The minimum atomic E-state index is -4.46. The average Bonchev–Trinajstić information content (AvgIpc) is 3.44. The first kappa shape index (κ1) is 78.2. The van der Waals surface area contributed by atoms with Gasteiger partial charge in [-0.25, -0.2) is 4.57 Å². The lowest BCUT2D eigenvalue weighted by Crippen LogP contribution is -2.47. The molecule has 0 aliphatic carbocycles. The number of quaternary nitrogens is 1. The maximum atomic E-state index is 13.6. The molecule has 0 radical (unpaired) electrons. The number of nitrogens with one attached hydrogen (secondary N) is 1. The maximum absolute atomic E-state index is 13.6. The van der Waals surface area contributed by atoms with Crippen LogP contribution in [-0.2, 0) is 27.9 Å². The van der Waals surface area contributed by atoms with Crippen molar-refractivity contribution in [2.75, 3.05) is 40.9 Å². The number of carbonyl (C=O) groups excluding carboxylic acids is 2. The summed E-state index contributed by atoms with van der Waals surface area (Å²) in [7, 11) is 1.48. The fraction of sp³-hybridized carbons (Fsp3) is 0.775. The Bertz CT molecular complexity index is 1660. The average molecular weight is 1150 g/mol. The lowest BCUT2D eigenvalue weighted by Gasteiger charge is -2.27. The van der Waals surface area contributed by atoms with Gasteiger partial charge >= 0.3 is 13.8 Å². The molecule has 0 saturated carbocycles. The number of nitrogens with zero attached hydrogens (tertiary/aromatic N) is 1. The molecule has 0 aromatic heterocycles. The van der Waals surface area contributed by atoms with Gasteiger partial charge in [0.2, 0.25) is 5.91 Å². The number of amides is 1. The Hall–Kier alpha value is -2.81. The molecule has 0 rings (SSSR count). The van der Waals surface area contributed by atoms with Crippen LogP contribution in [0.4, 0.5) is 0 Å². The molecule has 0 aliphatic rings. The van der Waals surface area contributed by atoms with E-state index in [1.54, 1.807) is 0 Å². The molecular formula is C71H130N2O7P+. The highest BCUT2D eigenvalue weighted by molar-refractivity contribution is 7.47. The van der Waals surface area contributed by atoms with Crippen LogP contribution in [0.2, 0.25) is 0 Å². The number of allylic oxidation sites excluding steroid dienone is 13. The minimum absolute atomic E-state index is 0.0335. The number of carbonyl (C=O) groups is 2. The Morgan fingerprint density at radius 2 is 0.753 bits per heavy atom. The van der Waals surface area contributed by atoms with Crippen molar-refractivity contribution < 1.29 is 37.3 Å². The lowest BCUT2D eigenvalue weighted by molar-refractivity contribution is -0.870. The summed E-state index contributed by atoms with van der Waals surface area (Å²) >= 11 is 0. The zero-order valence-corrected chi connectivity index (χ0v) is 54.7. The molecule has 3 atom stereocenters. The van der Waals surface area contributed by atoms with Gasteiger partial charge in [0.25, 0.3) is 0 Å². The molecule has 0 aromatic rings. The SMILES string of the molecule is CCCCC/C=C\C/C=C\C/C=C\CCCCCCCCCCCCCCC(=O)NC(COP(=O)(O)OCC[N+](C)(C)C)C(/C=C\CCCCCCCCCCCCC)OC(=O)CCCCCC/C=C\C/C=C\C/C=C\CCCCC. The molecule has 0 spiro atoms. The van der Waals surface area contributed by atoms with E-state index in [0.29, 0.717) is 23.9 Å². The van der Waals surface area contributed by atoms with Crippen LogP contribution in [0.1, 0.15) is 303 Å². The molecule has 2 N–H and O–H groups in total. The first-order valence-electron chi connectivity index (χ1n) is 33.9. The third-order valence-corrected chi connectivity index (χ3v) is 15.8. The van der Waals surface area contributed by atoms with Crippen LogP contribution in [0.3, 0.4) is 0 Å². The van der Waals surface area contributed by atoms with Crippen molar-refractivity contribution in [2.45, 2.75) is 315 Å². The zero-order valence-electron chi connectivity index (χ0n) is 53.8. The summed E-state index contributed by atoms with van der Waals surface area (Å²) in [6, 6.07) is -0.863. The third-order valence-electron chi connectivity index (χ3n) is 14.8. The highest BCUT2D eigenvalue weighted by Crippen LogP contribution is 2.43. The summed E-state index contributed by atoms with van der Waals surface area (Å²) in [6.07, 6.45) is 80.1. The number of ether oxygens (including phenoxy) is 1. The van der Waals surface area contributed by atoms with Gasteiger partial charge in [-0.3, -0.25) is 18.6 Å². The summed E-state index contributed by atoms with van der Waals surface area (Å²) in [4.78, 5) is 37.8. The summed E-state index contributed by atoms with van der Waals surface area (Å²) < 4.78 is 30.8. The fourth-order valence-electron chi connectivity index (χ4n) is 9.54. The first-order valence-corrected chi connectivity index (χ1v) is 35.4. The van der Waals surface area contributed by atoms with Crippen molar-refractivity contribution in [3.05, 3.63) is 85.1 Å². The highest BCUT2D eigenvalue weighted by Gasteiger charge is 2.30. The highest BCUT2D eigenvalue weighted by atomic mass is 31.2. The number of hydrogen-bond acceptors (Lipinski definition) is 6. The molecule has 0 saturated heterocycles. The van der Waals surface area contributed by atoms with Crippen molar-refractivity contribution >= 4 is 19.7 Å². The van der Waals surface area contributed by atoms with Gasteiger partial charge in [-0.2, -0.15) is 0 Å². The smallest absolute Gasteiger partial charge is 0.456 e. The lowest BCUT2D eigenvalue weighted by atomic mass is 10.0. The van der Waals surface area contributed by atoms with Crippen LogP contribution in [0.25, 0.3) is 0 Å². The van der Waals surface area contributed by atoms with Crippen LogP contribution in [0, 0.1) is 0 Å². The molecule has 1 amide bonds. The van der Waals surface area contributed by atoms with Crippen molar-refractivity contribution in [1.29, 1.82) is 0 Å². The zero-order chi connectivity index (χ0) is 59.3. The number of phosphoric acid groups is 1. The predicted molar refractivity (Wildman–Crippen MR) is 351 cm³/mol. The molecule has 0 fully saturated rings. The van der Waals surface area contributed by atoms with Crippen molar-refractivity contribution in [2.24, 2.45) is 0 Å². The van der Waals surface area contributed by atoms with Gasteiger partial charge in [0.1, 0.15) is 19.3 Å². The summed E-state index contributed by atoms with van der Waals surface area (Å²) in [6.45, 7) is 6.96. The Labute approximate surface area is 501 Å². The van der Waals surface area contributed by atoms with E-state index in [0.717, 1.165) is 89.9 Å². The molecule has 0 aliphatic heterocycles. The summed E-state index contributed by atoms with van der Waals surface area (Å²) in [5.74, 6) is -0.528. The fourth-order valence-corrected chi connectivity index (χ4v) is 10.3. The van der Waals surface area contributed by atoms with Gasteiger partial charge < -0.3 is 19.4 Å². The van der Waals surface area contributed by atoms with Crippen LogP contribution in [0.5, 0.6) is 0 Å². The van der Waals surface area contributed by atoms with Gasteiger partial charge in [0.05, 0.1) is 33.8 Å². The van der Waals surface area contributed by atoms with E-state index in [9.17, 15) is 19.0 Å². The Kier molecular flexibility index (Phi) is 58.2. The number of rotatable bonds is 61. The Morgan fingerprint density at radius 3 is 1.15 bits per heavy atom. The number of likely N-dealkylation sites (N-methyl/N-ethyl adjacent to an activating group) is 1. The van der Waals surface area contributed by atoms with Crippen LogP contribution in [-0.4, -0.2) is 74.3 Å². The molecule has 9 nitrogen and oxygen atoms in total. The van der Waals surface area contributed by atoms with Crippen LogP contribution >= 0.6 is 7.82 Å². The molecular weight excluding hydrogens is 1020 g/mol. The normalized spacial score (nSPS) is 14.1. The standard InChI is InChI=1S/C71H129N2O7P/c1-7-10-13-16-19-22-25-28-30-32-33-34-35-36-37-38-39-41-42-45-48-51-54-57-60-63-70(74)72-68(67-79-81(76,77)78-66-65-73(4,5)6)69(62-59-56-53-50-47-44-27-24-21-18-15-12-9-3)80-71(75)64-61-58-55-52-49-46-43-40-31-29-26-23-20-17-14-11-8-2/h19-20,22-23,28-31,33-34,43,46,59,62,68-69H,7-18,21,24-27,32,35-42,44-45,47-58,60-61,63-67H2,1-6H3,(H-,72,74,76,77)/p+1/b22-19-,23-20-,30-28-,31-29-,34-33-,46-43-,62-59-. The van der Waals surface area contributed by atoms with Gasteiger partial charge in [0, 0.05) is 12.8 Å². The van der Waals surface area contributed by atoms with E-state index in [2.05, 4.69) is 99.0 Å². The molecule has 0 bridgehead atoms. The molecule has 470 valence electrons. The van der Waals surface area contributed by atoms with E-state index < -0.39 is 20.0 Å². The monoisotopic (exact) mass is 1150 g/mol. The Morgan fingerprint density at radius 1 is 0.432 bits per heavy atom. The Balaban J connectivity index is 5.17. The number of phosphoric ester groups is 1. The maximum Gasteiger partial charge on any atom is 0.472 e. The predicted octanol–water partition coefficient (Wildman–Crippen LogP) is 21.3. The van der Waals surface area contributed by atoms with E-state index in [1.807, 2.05) is 33.3 Å². The second-order valence-electron chi connectivity index (χ2n) is 24.0. The molecule has 10 heteroatoms. The van der Waals surface area contributed by atoms with Crippen LogP contribution < -0.4 is 5.32 Å². The number of esters is 1. The van der Waals surface area contributed by atoms with Crippen molar-refractivity contribution in [1.82, 2.24) is 5.32 Å². The van der Waals surface area contributed by atoms with E-state index in [-0.39, 0.29) is 31.5 Å². The van der Waals surface area contributed by atoms with Gasteiger partial charge in [-0.05, 0) is 109 Å². The van der Waals surface area contributed by atoms with Crippen molar-refractivity contribution in [3.63, 3.8) is 0 Å². The molecule has 81 heavy (non-hydrogen) atoms. The number of unbranched alkanes of at least 4 members (excludes halogenated alkanes) is 33. The van der Waals surface area contributed by atoms with E-state index in [4.69, 9.17) is 13.8 Å². The molecule has 0 heterocycles. The second kappa shape index (κ2) is 60.3. The van der Waals surface area contributed by atoms with E-state index in [1.165, 1.54) is 173 Å². The third kappa shape index (κ3) is 61.6.